The van der Waals surface area contributed by atoms with E-state index in [0.717, 1.165) is 11.3 Å². The first-order chi connectivity index (χ1) is 9.93. The predicted octanol–water partition coefficient (Wildman–Crippen LogP) is 4.47. The van der Waals surface area contributed by atoms with Gasteiger partial charge in [0.2, 0.25) is 0 Å². The van der Waals surface area contributed by atoms with Crippen molar-refractivity contribution in [3.05, 3.63) is 34.8 Å². The molecule has 0 atom stereocenters. The molecule has 0 saturated carbocycles. The van der Waals surface area contributed by atoms with E-state index < -0.39 is 6.36 Å². The summed E-state index contributed by atoms with van der Waals surface area (Å²) in [6, 6.07) is 5.57. The van der Waals surface area contributed by atoms with Crippen LogP contribution in [-0.4, -0.2) is 17.6 Å². The highest BCUT2D eigenvalue weighted by Crippen LogP contribution is 2.32. The molecule has 0 fully saturated rings. The zero-order valence-electron chi connectivity index (χ0n) is 11.1. The van der Waals surface area contributed by atoms with Crippen LogP contribution in [0.3, 0.4) is 0 Å². The van der Waals surface area contributed by atoms with Crippen molar-refractivity contribution >= 4 is 17.6 Å². The number of hydrogen-bond acceptors (Lipinski definition) is 4. The van der Waals surface area contributed by atoms with Crippen LogP contribution >= 0.6 is 11.3 Å². The van der Waals surface area contributed by atoms with Crippen molar-refractivity contribution < 1.29 is 22.7 Å². The molecular formula is C14H12F3NO2S. The monoisotopic (exact) mass is 315 g/mol. The topological polar surface area (TPSA) is 39.2 Å². The number of alkyl halides is 3. The van der Waals surface area contributed by atoms with Crippen molar-refractivity contribution in [2.75, 3.05) is 0 Å². The first-order valence-corrected chi connectivity index (χ1v) is 7.05. The standard InChI is InChI=1S/C14H12F3NO2S/c1-2-4-12-11(8-19)18-13(21-12)9-5-3-6-10(7-9)20-14(15,16)17/h3,5-8H,2,4H2,1H3. The van der Waals surface area contributed by atoms with Crippen LogP contribution in [0, 0.1) is 0 Å². The maximum absolute atomic E-state index is 12.2. The Morgan fingerprint density at radius 2 is 2.14 bits per heavy atom. The normalized spacial score (nSPS) is 11.4. The van der Waals surface area contributed by atoms with Crippen LogP contribution in [0.5, 0.6) is 5.75 Å². The Bertz CT molecular complexity index is 637. The number of ether oxygens (including phenoxy) is 1. The third kappa shape index (κ3) is 4.04. The minimum atomic E-state index is -4.73. The fourth-order valence-electron chi connectivity index (χ4n) is 1.81. The number of carbonyl (C=O) groups excluding carboxylic acids is 1. The van der Waals surface area contributed by atoms with Crippen molar-refractivity contribution in [2.24, 2.45) is 0 Å². The summed E-state index contributed by atoms with van der Waals surface area (Å²) in [6.45, 7) is 1.98. The average Bonchev–Trinajstić information content (AvgIpc) is 2.81. The zero-order valence-corrected chi connectivity index (χ0v) is 11.9. The molecule has 112 valence electrons. The SMILES string of the molecule is CCCc1sc(-c2cccc(OC(F)(F)F)c2)nc1C=O. The Morgan fingerprint density at radius 3 is 2.76 bits per heavy atom. The molecule has 0 bridgehead atoms. The Hall–Kier alpha value is -1.89. The first-order valence-electron chi connectivity index (χ1n) is 6.24. The average molecular weight is 315 g/mol. The molecule has 1 aromatic heterocycles. The number of carbonyl (C=O) groups is 1. The van der Waals surface area contributed by atoms with E-state index in [1.165, 1.54) is 29.5 Å². The van der Waals surface area contributed by atoms with Gasteiger partial charge in [-0.05, 0) is 18.6 Å². The summed E-state index contributed by atoms with van der Waals surface area (Å²) < 4.78 is 40.5. The molecule has 2 rings (SSSR count). The molecule has 1 heterocycles. The van der Waals surface area contributed by atoms with Gasteiger partial charge in [-0.15, -0.1) is 24.5 Å². The molecular weight excluding hydrogens is 303 g/mol. The number of aldehydes is 1. The second kappa shape index (κ2) is 6.26. The number of benzene rings is 1. The Kier molecular flexibility index (Phi) is 4.62. The van der Waals surface area contributed by atoms with Gasteiger partial charge in [-0.25, -0.2) is 4.98 Å². The van der Waals surface area contributed by atoms with Crippen molar-refractivity contribution in [1.82, 2.24) is 4.98 Å². The lowest BCUT2D eigenvalue weighted by Crippen LogP contribution is -2.17. The van der Waals surface area contributed by atoms with E-state index in [0.29, 0.717) is 29.0 Å². The first kappa shape index (κ1) is 15.5. The van der Waals surface area contributed by atoms with E-state index in [-0.39, 0.29) is 5.75 Å². The lowest BCUT2D eigenvalue weighted by atomic mass is 10.2. The van der Waals surface area contributed by atoms with Crippen LogP contribution in [0.4, 0.5) is 13.2 Å². The summed E-state index contributed by atoms with van der Waals surface area (Å²) in [4.78, 5) is 16.0. The van der Waals surface area contributed by atoms with Crippen LogP contribution in [0.15, 0.2) is 24.3 Å². The molecule has 0 N–H and O–H groups in total. The van der Waals surface area contributed by atoms with E-state index in [9.17, 15) is 18.0 Å². The third-order valence-electron chi connectivity index (χ3n) is 2.63. The molecule has 0 amide bonds. The highest BCUT2D eigenvalue weighted by molar-refractivity contribution is 7.15. The van der Waals surface area contributed by atoms with Crippen molar-refractivity contribution in [3.63, 3.8) is 0 Å². The lowest BCUT2D eigenvalue weighted by molar-refractivity contribution is -0.274. The van der Waals surface area contributed by atoms with Gasteiger partial charge in [0.1, 0.15) is 16.5 Å². The number of halogens is 3. The fourth-order valence-corrected chi connectivity index (χ4v) is 2.94. The molecule has 3 nitrogen and oxygen atoms in total. The number of thiazole rings is 1. The third-order valence-corrected chi connectivity index (χ3v) is 3.81. The quantitative estimate of drug-likeness (QED) is 0.764. The fraction of sp³-hybridized carbons (Fsp3) is 0.286. The van der Waals surface area contributed by atoms with E-state index >= 15 is 0 Å². The second-order valence-electron chi connectivity index (χ2n) is 4.27. The van der Waals surface area contributed by atoms with Crippen LogP contribution in [-0.2, 0) is 6.42 Å². The molecule has 0 aliphatic carbocycles. The van der Waals surface area contributed by atoms with Crippen molar-refractivity contribution in [2.45, 2.75) is 26.1 Å². The maximum Gasteiger partial charge on any atom is 0.573 e. The summed E-state index contributed by atoms with van der Waals surface area (Å²) in [6.07, 6.45) is -2.49. The Balaban J connectivity index is 2.33. The minimum absolute atomic E-state index is 0.306. The smallest absolute Gasteiger partial charge is 0.406 e. The van der Waals surface area contributed by atoms with Gasteiger partial charge in [0.15, 0.2) is 6.29 Å². The van der Waals surface area contributed by atoms with E-state index in [1.807, 2.05) is 6.92 Å². The highest BCUT2D eigenvalue weighted by Gasteiger charge is 2.31. The number of nitrogens with zero attached hydrogens (tertiary/aromatic N) is 1. The molecule has 0 aliphatic heterocycles. The van der Waals surface area contributed by atoms with Gasteiger partial charge >= 0.3 is 6.36 Å². The maximum atomic E-state index is 12.2. The van der Waals surface area contributed by atoms with Gasteiger partial charge in [0.25, 0.3) is 0 Å². The number of aryl methyl sites for hydroxylation is 1. The molecule has 2 aromatic rings. The van der Waals surface area contributed by atoms with E-state index in [2.05, 4.69) is 9.72 Å². The molecule has 0 spiro atoms. The largest absolute Gasteiger partial charge is 0.573 e. The lowest BCUT2D eigenvalue weighted by Gasteiger charge is -2.09. The summed E-state index contributed by atoms with van der Waals surface area (Å²) in [7, 11) is 0. The van der Waals surface area contributed by atoms with Crippen molar-refractivity contribution in [1.29, 1.82) is 0 Å². The molecule has 0 saturated heterocycles. The Morgan fingerprint density at radius 1 is 1.38 bits per heavy atom. The highest BCUT2D eigenvalue weighted by atomic mass is 32.1. The molecule has 0 unspecified atom stereocenters. The predicted molar refractivity (Wildman–Crippen MR) is 73.6 cm³/mol. The van der Waals surface area contributed by atoms with Crippen LogP contribution in [0.1, 0.15) is 28.7 Å². The van der Waals surface area contributed by atoms with E-state index in [1.54, 1.807) is 6.07 Å². The van der Waals surface area contributed by atoms with Gasteiger partial charge in [0, 0.05) is 10.4 Å². The summed E-state index contributed by atoms with van der Waals surface area (Å²) in [5, 5.41) is 0.508. The molecule has 0 aliphatic rings. The van der Waals surface area contributed by atoms with Gasteiger partial charge in [0.05, 0.1) is 0 Å². The Labute approximate surface area is 123 Å². The van der Waals surface area contributed by atoms with E-state index in [4.69, 9.17) is 0 Å². The van der Waals surface area contributed by atoms with Crippen LogP contribution in [0.2, 0.25) is 0 Å². The molecule has 7 heteroatoms. The van der Waals surface area contributed by atoms with Gasteiger partial charge in [-0.1, -0.05) is 25.5 Å². The summed E-state index contributed by atoms with van der Waals surface area (Å²) in [5.74, 6) is -0.306. The number of hydrogen-bond donors (Lipinski definition) is 0. The zero-order chi connectivity index (χ0) is 15.5. The molecule has 21 heavy (non-hydrogen) atoms. The van der Waals surface area contributed by atoms with Crippen molar-refractivity contribution in [3.8, 4) is 16.3 Å². The summed E-state index contributed by atoms with van der Waals surface area (Å²) >= 11 is 1.31. The van der Waals surface area contributed by atoms with Crippen LogP contribution in [0.25, 0.3) is 10.6 Å². The van der Waals surface area contributed by atoms with Gasteiger partial charge < -0.3 is 4.74 Å². The number of rotatable bonds is 5. The van der Waals surface area contributed by atoms with Crippen LogP contribution < -0.4 is 4.74 Å². The van der Waals surface area contributed by atoms with Gasteiger partial charge in [-0.3, -0.25) is 4.79 Å². The number of aromatic nitrogens is 1. The summed E-state index contributed by atoms with van der Waals surface area (Å²) in [5.41, 5.74) is 0.839. The molecule has 1 aromatic carbocycles. The molecule has 0 radical (unpaired) electrons. The van der Waals surface area contributed by atoms with Gasteiger partial charge in [-0.2, -0.15) is 0 Å². The minimum Gasteiger partial charge on any atom is -0.406 e. The second-order valence-corrected chi connectivity index (χ2v) is 5.35.